The van der Waals surface area contributed by atoms with Crippen LogP contribution >= 0.6 is 0 Å². The van der Waals surface area contributed by atoms with Crippen LogP contribution in [-0.4, -0.2) is 34.3 Å². The molecule has 2 aliphatic rings. The van der Waals surface area contributed by atoms with Crippen molar-refractivity contribution in [2.24, 2.45) is 0 Å². The maximum Gasteiger partial charge on any atom is 0.248 e. The van der Waals surface area contributed by atoms with E-state index in [-0.39, 0.29) is 23.9 Å². The Morgan fingerprint density at radius 3 is 2.57 bits per heavy atom. The molecule has 0 aromatic heterocycles. The highest BCUT2D eigenvalue weighted by molar-refractivity contribution is 5.99. The molecular formula is C17H22N2O2. The molecular weight excluding hydrogens is 264 g/mol. The number of piperazine rings is 1. The minimum Gasteiger partial charge on any atom is -0.340 e. The zero-order chi connectivity index (χ0) is 15.2. The summed E-state index contributed by atoms with van der Waals surface area (Å²) >= 11 is 0. The molecule has 1 N–H and O–H groups in total. The van der Waals surface area contributed by atoms with Gasteiger partial charge in [0.1, 0.15) is 11.6 Å². The van der Waals surface area contributed by atoms with Crippen LogP contribution in [0.5, 0.6) is 0 Å². The molecule has 1 aromatic rings. The maximum absolute atomic E-state index is 12.7. The van der Waals surface area contributed by atoms with Crippen molar-refractivity contribution in [1.29, 1.82) is 0 Å². The number of nitrogens with zero attached hydrogens (tertiary/aromatic N) is 1. The zero-order valence-electron chi connectivity index (χ0n) is 12.8. The highest BCUT2D eigenvalue weighted by Gasteiger charge is 2.46. The summed E-state index contributed by atoms with van der Waals surface area (Å²) in [5.41, 5.74) is 1.87. The molecule has 1 aromatic carbocycles. The molecule has 0 radical (unpaired) electrons. The van der Waals surface area contributed by atoms with Crippen molar-refractivity contribution in [1.82, 2.24) is 10.2 Å². The molecule has 2 atom stereocenters. The van der Waals surface area contributed by atoms with Gasteiger partial charge in [-0.05, 0) is 51.2 Å². The second-order valence-electron chi connectivity index (χ2n) is 6.67. The lowest BCUT2D eigenvalue weighted by molar-refractivity contribution is -0.155. The molecule has 4 nitrogen and oxygen atoms in total. The van der Waals surface area contributed by atoms with Gasteiger partial charge < -0.3 is 10.2 Å². The van der Waals surface area contributed by atoms with Gasteiger partial charge in [-0.2, -0.15) is 0 Å². The van der Waals surface area contributed by atoms with E-state index in [0.29, 0.717) is 0 Å². The van der Waals surface area contributed by atoms with Crippen LogP contribution in [0.3, 0.4) is 0 Å². The Labute approximate surface area is 125 Å². The number of carbonyl (C=O) groups is 2. The molecule has 0 spiro atoms. The van der Waals surface area contributed by atoms with Crippen LogP contribution in [0, 0.1) is 0 Å². The molecule has 4 heteroatoms. The van der Waals surface area contributed by atoms with E-state index in [0.717, 1.165) is 19.3 Å². The number of benzene rings is 1. The van der Waals surface area contributed by atoms with Crippen LogP contribution in [0.25, 0.3) is 0 Å². The third-order valence-electron chi connectivity index (χ3n) is 4.72. The van der Waals surface area contributed by atoms with Crippen molar-refractivity contribution in [3.63, 3.8) is 0 Å². The fourth-order valence-corrected chi connectivity index (χ4v) is 3.49. The summed E-state index contributed by atoms with van der Waals surface area (Å²) in [5, 5.41) is 2.81. The van der Waals surface area contributed by atoms with Gasteiger partial charge in [0.2, 0.25) is 11.8 Å². The summed E-state index contributed by atoms with van der Waals surface area (Å²) in [7, 11) is 0. The SMILES string of the molecule is CC1C(=O)NC(C)(C)C(=O)N1C1CCc2ccccc2C1. The average molecular weight is 286 g/mol. The Kier molecular flexibility index (Phi) is 3.27. The smallest absolute Gasteiger partial charge is 0.248 e. The lowest BCUT2D eigenvalue weighted by Gasteiger charge is -2.46. The minimum atomic E-state index is -0.805. The largest absolute Gasteiger partial charge is 0.340 e. The predicted molar refractivity (Wildman–Crippen MR) is 80.8 cm³/mol. The van der Waals surface area contributed by atoms with E-state index in [1.54, 1.807) is 13.8 Å². The van der Waals surface area contributed by atoms with Gasteiger partial charge in [-0.3, -0.25) is 9.59 Å². The van der Waals surface area contributed by atoms with Crippen molar-refractivity contribution in [3.05, 3.63) is 35.4 Å². The molecule has 2 amide bonds. The molecule has 112 valence electrons. The minimum absolute atomic E-state index is 0.0268. The van der Waals surface area contributed by atoms with Crippen molar-refractivity contribution in [3.8, 4) is 0 Å². The molecule has 0 saturated carbocycles. The van der Waals surface area contributed by atoms with Gasteiger partial charge in [-0.25, -0.2) is 0 Å². The van der Waals surface area contributed by atoms with Gasteiger partial charge in [0.15, 0.2) is 0 Å². The number of hydrogen-bond donors (Lipinski definition) is 1. The monoisotopic (exact) mass is 286 g/mol. The summed E-state index contributed by atoms with van der Waals surface area (Å²) in [5.74, 6) is -0.0301. The standard InChI is InChI=1S/C17H22N2O2/c1-11-15(20)18-17(2,3)16(21)19(11)14-9-8-12-6-4-5-7-13(12)10-14/h4-7,11,14H,8-10H2,1-3H3,(H,18,20). The van der Waals surface area contributed by atoms with Crippen molar-refractivity contribution < 1.29 is 9.59 Å². The van der Waals surface area contributed by atoms with Crippen LogP contribution in [-0.2, 0) is 22.4 Å². The Balaban J connectivity index is 1.89. The summed E-state index contributed by atoms with van der Waals surface area (Å²) < 4.78 is 0. The predicted octanol–water partition coefficient (Wildman–Crippen LogP) is 1.67. The summed E-state index contributed by atoms with van der Waals surface area (Å²) in [4.78, 5) is 26.7. The van der Waals surface area contributed by atoms with Crippen LogP contribution in [0.2, 0.25) is 0 Å². The van der Waals surface area contributed by atoms with Gasteiger partial charge in [0, 0.05) is 6.04 Å². The number of rotatable bonds is 1. The van der Waals surface area contributed by atoms with Crippen LogP contribution in [0.15, 0.2) is 24.3 Å². The van der Waals surface area contributed by atoms with Crippen molar-refractivity contribution >= 4 is 11.8 Å². The summed E-state index contributed by atoms with van der Waals surface area (Å²) in [6, 6.07) is 8.12. The lowest BCUT2D eigenvalue weighted by Crippen LogP contribution is -2.69. The topological polar surface area (TPSA) is 49.4 Å². The third kappa shape index (κ3) is 2.33. The van der Waals surface area contributed by atoms with E-state index in [2.05, 4.69) is 23.5 Å². The molecule has 3 rings (SSSR count). The van der Waals surface area contributed by atoms with Crippen LogP contribution < -0.4 is 5.32 Å². The third-order valence-corrected chi connectivity index (χ3v) is 4.72. The van der Waals surface area contributed by atoms with E-state index in [4.69, 9.17) is 0 Å². The molecule has 2 unspecified atom stereocenters. The van der Waals surface area contributed by atoms with E-state index < -0.39 is 5.54 Å². The van der Waals surface area contributed by atoms with Gasteiger partial charge >= 0.3 is 0 Å². The number of nitrogens with one attached hydrogen (secondary N) is 1. The zero-order valence-corrected chi connectivity index (χ0v) is 12.8. The average Bonchev–Trinajstić information content (AvgIpc) is 2.45. The number of carbonyl (C=O) groups excluding carboxylic acids is 2. The second kappa shape index (κ2) is 4.86. The molecule has 1 heterocycles. The summed E-state index contributed by atoms with van der Waals surface area (Å²) in [6.07, 6.45) is 2.74. The van der Waals surface area contributed by atoms with Crippen LogP contribution in [0.1, 0.15) is 38.3 Å². The van der Waals surface area contributed by atoms with E-state index in [1.807, 2.05) is 17.9 Å². The number of amides is 2. The van der Waals surface area contributed by atoms with E-state index >= 15 is 0 Å². The van der Waals surface area contributed by atoms with Crippen molar-refractivity contribution in [2.45, 2.75) is 57.7 Å². The van der Waals surface area contributed by atoms with E-state index in [9.17, 15) is 9.59 Å². The maximum atomic E-state index is 12.7. The molecule has 1 aliphatic carbocycles. The number of hydrogen-bond acceptors (Lipinski definition) is 2. The Hall–Kier alpha value is -1.84. The Morgan fingerprint density at radius 2 is 1.86 bits per heavy atom. The van der Waals surface area contributed by atoms with Crippen LogP contribution in [0.4, 0.5) is 0 Å². The first-order valence-electron chi connectivity index (χ1n) is 7.62. The Bertz CT molecular complexity index is 594. The second-order valence-corrected chi connectivity index (χ2v) is 6.67. The number of aryl methyl sites for hydroxylation is 1. The molecule has 1 saturated heterocycles. The first-order valence-corrected chi connectivity index (χ1v) is 7.62. The van der Waals surface area contributed by atoms with Gasteiger partial charge in [0.05, 0.1) is 0 Å². The Morgan fingerprint density at radius 1 is 1.19 bits per heavy atom. The lowest BCUT2D eigenvalue weighted by atomic mass is 9.85. The highest BCUT2D eigenvalue weighted by Crippen LogP contribution is 2.29. The summed E-state index contributed by atoms with van der Waals surface area (Å²) in [6.45, 7) is 5.38. The van der Waals surface area contributed by atoms with Crippen molar-refractivity contribution in [2.75, 3.05) is 0 Å². The fourth-order valence-electron chi connectivity index (χ4n) is 3.49. The molecule has 1 aliphatic heterocycles. The van der Waals surface area contributed by atoms with E-state index in [1.165, 1.54) is 11.1 Å². The highest BCUT2D eigenvalue weighted by atomic mass is 16.2. The van der Waals surface area contributed by atoms with Gasteiger partial charge in [-0.15, -0.1) is 0 Å². The van der Waals surface area contributed by atoms with Gasteiger partial charge in [-0.1, -0.05) is 24.3 Å². The fraction of sp³-hybridized carbons (Fsp3) is 0.529. The quantitative estimate of drug-likeness (QED) is 0.854. The van der Waals surface area contributed by atoms with Gasteiger partial charge in [0.25, 0.3) is 0 Å². The molecule has 0 bridgehead atoms. The number of fused-ring (bicyclic) bond motifs is 1. The molecule has 21 heavy (non-hydrogen) atoms. The molecule has 1 fully saturated rings. The normalized spacial score (nSPS) is 28.0. The first-order chi connectivity index (χ1) is 9.90. The first kappa shape index (κ1) is 14.1.